The van der Waals surface area contributed by atoms with E-state index in [0.717, 1.165) is 53.4 Å². The predicted molar refractivity (Wildman–Crippen MR) is 78.2 cm³/mol. The molecule has 1 atom stereocenters. The number of nitrogens with zero attached hydrogens (tertiary/aromatic N) is 5. The quantitative estimate of drug-likeness (QED) is 0.601. The Labute approximate surface area is 125 Å². The van der Waals surface area contributed by atoms with Crippen molar-refractivity contribution in [2.45, 2.75) is 36.6 Å². The number of hydrogen-bond acceptors (Lipinski definition) is 7. The van der Waals surface area contributed by atoms with Crippen LogP contribution in [-0.4, -0.2) is 44.2 Å². The van der Waals surface area contributed by atoms with E-state index in [9.17, 15) is 0 Å². The van der Waals surface area contributed by atoms with E-state index in [1.54, 1.807) is 23.1 Å². The van der Waals surface area contributed by atoms with Gasteiger partial charge in [0.25, 0.3) is 0 Å². The molecule has 2 aromatic heterocycles. The smallest absolute Gasteiger partial charge is 0.174 e. The lowest BCUT2D eigenvalue weighted by molar-refractivity contribution is 0.193. The maximum absolute atomic E-state index is 5.38. The molecule has 108 valence electrons. The molecule has 0 bridgehead atoms. The zero-order valence-electron chi connectivity index (χ0n) is 11.4. The first-order valence-electron chi connectivity index (χ1n) is 6.72. The van der Waals surface area contributed by atoms with Crippen molar-refractivity contribution in [2.75, 3.05) is 19.0 Å². The molecule has 3 heterocycles. The topological polar surface area (TPSA) is 65.7 Å². The molecule has 1 aliphatic heterocycles. The van der Waals surface area contributed by atoms with E-state index in [-0.39, 0.29) is 0 Å². The van der Waals surface area contributed by atoms with E-state index < -0.39 is 0 Å². The first-order valence-corrected chi connectivity index (χ1v) is 8.52. The van der Waals surface area contributed by atoms with Crippen LogP contribution in [0.1, 0.15) is 29.5 Å². The van der Waals surface area contributed by atoms with E-state index in [1.807, 2.05) is 11.6 Å². The Morgan fingerprint density at radius 2 is 2.40 bits per heavy atom. The molecule has 0 aliphatic carbocycles. The Bertz CT molecular complexity index is 550. The van der Waals surface area contributed by atoms with Gasteiger partial charge in [-0.05, 0) is 19.8 Å². The lowest BCUT2D eigenvalue weighted by Gasteiger charge is -2.01. The van der Waals surface area contributed by atoms with Gasteiger partial charge in [0.15, 0.2) is 4.34 Å². The highest BCUT2D eigenvalue weighted by Gasteiger charge is 2.20. The molecule has 1 fully saturated rings. The minimum Gasteiger partial charge on any atom is -0.381 e. The first-order chi connectivity index (χ1) is 9.81. The lowest BCUT2D eigenvalue weighted by atomic mass is 10.1. The van der Waals surface area contributed by atoms with Crippen LogP contribution >= 0.6 is 23.1 Å². The Morgan fingerprint density at radius 1 is 1.45 bits per heavy atom. The highest BCUT2D eigenvalue weighted by atomic mass is 32.2. The van der Waals surface area contributed by atoms with Gasteiger partial charge < -0.3 is 4.74 Å². The lowest BCUT2D eigenvalue weighted by Crippen LogP contribution is -2.00. The number of rotatable bonds is 6. The van der Waals surface area contributed by atoms with E-state index in [0.29, 0.717) is 5.92 Å². The van der Waals surface area contributed by atoms with Crippen molar-refractivity contribution in [1.29, 1.82) is 0 Å². The molecule has 2 aromatic rings. The summed E-state index contributed by atoms with van der Waals surface area (Å²) in [6.07, 6.45) is 4.16. The van der Waals surface area contributed by atoms with Crippen molar-refractivity contribution in [3.63, 3.8) is 0 Å². The van der Waals surface area contributed by atoms with Gasteiger partial charge in [-0.15, -0.1) is 15.3 Å². The SMILES string of the molecule is Cc1nnc(SCCCn2cc([C@@H]3CCOC3)nn2)s1. The largest absolute Gasteiger partial charge is 0.381 e. The van der Waals surface area contributed by atoms with Crippen LogP contribution in [0.4, 0.5) is 0 Å². The normalized spacial score (nSPS) is 18.8. The summed E-state index contributed by atoms with van der Waals surface area (Å²) in [5.74, 6) is 1.46. The molecule has 1 saturated heterocycles. The van der Waals surface area contributed by atoms with Crippen LogP contribution in [0.5, 0.6) is 0 Å². The van der Waals surface area contributed by atoms with Gasteiger partial charge in [0, 0.05) is 31.0 Å². The second kappa shape index (κ2) is 6.64. The minimum absolute atomic E-state index is 0.433. The third kappa shape index (κ3) is 3.56. The molecule has 20 heavy (non-hydrogen) atoms. The zero-order chi connectivity index (χ0) is 13.8. The summed E-state index contributed by atoms with van der Waals surface area (Å²) in [4.78, 5) is 0. The summed E-state index contributed by atoms with van der Waals surface area (Å²) in [7, 11) is 0. The van der Waals surface area contributed by atoms with Crippen LogP contribution in [0.25, 0.3) is 0 Å². The molecule has 0 saturated carbocycles. The average Bonchev–Trinajstić information content (AvgIpc) is 3.16. The van der Waals surface area contributed by atoms with Crippen molar-refractivity contribution < 1.29 is 4.74 Å². The third-order valence-electron chi connectivity index (χ3n) is 3.17. The van der Waals surface area contributed by atoms with Crippen LogP contribution in [-0.2, 0) is 11.3 Å². The molecule has 0 unspecified atom stereocenters. The molecule has 0 spiro atoms. The van der Waals surface area contributed by atoms with Gasteiger partial charge in [-0.3, -0.25) is 4.68 Å². The van der Waals surface area contributed by atoms with E-state index in [4.69, 9.17) is 4.74 Å². The van der Waals surface area contributed by atoms with E-state index >= 15 is 0 Å². The Balaban J connectivity index is 1.42. The van der Waals surface area contributed by atoms with Crippen LogP contribution in [0.15, 0.2) is 10.5 Å². The van der Waals surface area contributed by atoms with Crippen LogP contribution < -0.4 is 0 Å². The maximum Gasteiger partial charge on any atom is 0.174 e. The second-order valence-corrected chi connectivity index (χ2v) is 7.28. The van der Waals surface area contributed by atoms with Gasteiger partial charge in [-0.1, -0.05) is 28.3 Å². The number of aromatic nitrogens is 5. The predicted octanol–water partition coefficient (Wildman–Crippen LogP) is 2.12. The molecule has 0 N–H and O–H groups in total. The number of aryl methyl sites for hydroxylation is 2. The summed E-state index contributed by atoms with van der Waals surface area (Å²) in [5, 5.41) is 17.6. The Morgan fingerprint density at radius 3 is 3.15 bits per heavy atom. The van der Waals surface area contributed by atoms with E-state index in [2.05, 4.69) is 26.7 Å². The summed E-state index contributed by atoms with van der Waals surface area (Å²) >= 11 is 3.40. The minimum atomic E-state index is 0.433. The zero-order valence-corrected chi connectivity index (χ0v) is 13.0. The molecular formula is C12H17N5OS2. The molecule has 0 amide bonds. The molecule has 0 aromatic carbocycles. The van der Waals surface area contributed by atoms with Crippen LogP contribution in [0, 0.1) is 6.92 Å². The van der Waals surface area contributed by atoms with Crippen molar-refractivity contribution in [3.05, 3.63) is 16.9 Å². The number of hydrogen-bond donors (Lipinski definition) is 0. The van der Waals surface area contributed by atoms with Gasteiger partial charge in [-0.2, -0.15) is 0 Å². The highest BCUT2D eigenvalue weighted by molar-refractivity contribution is 8.01. The molecule has 3 rings (SSSR count). The fourth-order valence-corrected chi connectivity index (χ4v) is 3.91. The summed E-state index contributed by atoms with van der Waals surface area (Å²) < 4.78 is 8.35. The van der Waals surface area contributed by atoms with Gasteiger partial charge in [-0.25, -0.2) is 0 Å². The Hall–Kier alpha value is -0.990. The monoisotopic (exact) mass is 311 g/mol. The first kappa shape index (κ1) is 14.0. The highest BCUT2D eigenvalue weighted by Crippen LogP contribution is 2.24. The fourth-order valence-electron chi connectivity index (χ4n) is 2.10. The van der Waals surface area contributed by atoms with Crippen LogP contribution in [0.3, 0.4) is 0 Å². The molecule has 0 radical (unpaired) electrons. The fraction of sp³-hybridized carbons (Fsp3) is 0.667. The average molecular weight is 311 g/mol. The summed E-state index contributed by atoms with van der Waals surface area (Å²) in [6, 6.07) is 0. The van der Waals surface area contributed by atoms with Crippen molar-refractivity contribution >= 4 is 23.1 Å². The van der Waals surface area contributed by atoms with E-state index in [1.165, 1.54) is 0 Å². The van der Waals surface area contributed by atoms with Gasteiger partial charge in [0.1, 0.15) is 5.01 Å². The van der Waals surface area contributed by atoms with Gasteiger partial charge >= 0.3 is 0 Å². The van der Waals surface area contributed by atoms with Crippen molar-refractivity contribution in [3.8, 4) is 0 Å². The van der Waals surface area contributed by atoms with Crippen molar-refractivity contribution in [2.24, 2.45) is 0 Å². The third-order valence-corrected chi connectivity index (χ3v) is 5.23. The molecular weight excluding hydrogens is 294 g/mol. The van der Waals surface area contributed by atoms with Crippen molar-refractivity contribution in [1.82, 2.24) is 25.2 Å². The number of ether oxygens (including phenoxy) is 1. The summed E-state index contributed by atoms with van der Waals surface area (Å²) in [6.45, 7) is 4.50. The second-order valence-electron chi connectivity index (χ2n) is 4.76. The standard InChI is InChI=1S/C12H17N5OS2/c1-9-13-15-12(20-9)19-6-2-4-17-7-11(14-16-17)10-3-5-18-8-10/h7,10H,2-6,8H2,1H3/t10-/m1/s1. The summed E-state index contributed by atoms with van der Waals surface area (Å²) in [5.41, 5.74) is 1.06. The molecule has 8 heteroatoms. The maximum atomic E-state index is 5.38. The van der Waals surface area contributed by atoms with Gasteiger partial charge in [0.2, 0.25) is 0 Å². The number of thioether (sulfide) groups is 1. The molecule has 6 nitrogen and oxygen atoms in total. The van der Waals surface area contributed by atoms with Crippen LogP contribution in [0.2, 0.25) is 0 Å². The Kier molecular flexibility index (Phi) is 4.64. The van der Waals surface area contributed by atoms with Gasteiger partial charge in [0.05, 0.1) is 12.3 Å². The molecule has 1 aliphatic rings.